The molecule has 57 heavy (non-hydrogen) atoms. The number of fused-ring (bicyclic) bond motifs is 9. The smallest absolute Gasteiger partial charge is 0.238 e. The predicted molar refractivity (Wildman–Crippen MR) is 232 cm³/mol. The first kappa shape index (κ1) is 31.5. The monoisotopic (exact) mass is 729 g/mol. The van der Waals surface area contributed by atoms with Gasteiger partial charge in [-0.3, -0.25) is 4.57 Å². The normalized spacial score (nSPS) is 11.9. The van der Waals surface area contributed by atoms with E-state index in [4.69, 9.17) is 19.4 Å². The summed E-state index contributed by atoms with van der Waals surface area (Å²) in [6.45, 7) is 0. The van der Waals surface area contributed by atoms with Crippen molar-refractivity contribution < 1.29 is 4.42 Å². The number of para-hydroxylation sites is 3. The highest BCUT2D eigenvalue weighted by atomic mass is 16.3. The molecule has 0 aliphatic rings. The second kappa shape index (κ2) is 12.3. The predicted octanol–water partition coefficient (Wildman–Crippen LogP) is 13.0. The van der Waals surface area contributed by atoms with Crippen LogP contribution in [0, 0.1) is 0 Å². The molecule has 4 aromatic heterocycles. The number of nitrogens with zero attached hydrogens (tertiary/aromatic N) is 5. The summed E-state index contributed by atoms with van der Waals surface area (Å²) in [7, 11) is 0. The molecule has 0 N–H and O–H groups in total. The van der Waals surface area contributed by atoms with Crippen LogP contribution in [0.2, 0.25) is 0 Å². The maximum Gasteiger partial charge on any atom is 0.238 e. The first-order valence-corrected chi connectivity index (χ1v) is 19.1. The quantitative estimate of drug-likeness (QED) is 0.177. The Labute approximate surface area is 326 Å². The van der Waals surface area contributed by atoms with Crippen molar-refractivity contribution in [3.8, 4) is 45.5 Å². The van der Waals surface area contributed by atoms with Gasteiger partial charge in [-0.1, -0.05) is 127 Å². The molecule has 0 atom stereocenters. The minimum Gasteiger partial charge on any atom is -0.456 e. The lowest BCUT2D eigenvalue weighted by atomic mass is 10.0. The summed E-state index contributed by atoms with van der Waals surface area (Å²) >= 11 is 0. The molecule has 4 heterocycles. The van der Waals surface area contributed by atoms with E-state index in [1.165, 1.54) is 10.8 Å². The third-order valence-electron chi connectivity index (χ3n) is 11.2. The molecule has 0 aliphatic carbocycles. The SMILES string of the molecule is c1ccc(-c2ccc3c(c2)oc2cc(-c4nc(-c5ccccc5)nc(-n5c6ccccc6c6cc7c8ccccc8n(-c8ccccc8)c7cc65)n4)ccc23)cc1. The van der Waals surface area contributed by atoms with Crippen LogP contribution in [-0.4, -0.2) is 24.1 Å². The number of benzene rings is 8. The molecule has 0 unspecified atom stereocenters. The Morgan fingerprint density at radius 1 is 0.316 bits per heavy atom. The van der Waals surface area contributed by atoms with Crippen molar-refractivity contribution in [2.75, 3.05) is 0 Å². The van der Waals surface area contributed by atoms with Crippen LogP contribution in [0.15, 0.2) is 192 Å². The summed E-state index contributed by atoms with van der Waals surface area (Å²) in [5.74, 6) is 1.71. The van der Waals surface area contributed by atoms with E-state index in [9.17, 15) is 0 Å². The number of hydrogen-bond acceptors (Lipinski definition) is 4. The molecule has 266 valence electrons. The molecule has 6 heteroatoms. The second-order valence-corrected chi connectivity index (χ2v) is 14.5. The highest BCUT2D eigenvalue weighted by Crippen LogP contribution is 2.40. The summed E-state index contributed by atoms with van der Waals surface area (Å²) in [5, 5.41) is 6.79. The zero-order valence-electron chi connectivity index (χ0n) is 30.5. The van der Waals surface area contributed by atoms with E-state index >= 15 is 0 Å². The van der Waals surface area contributed by atoms with Crippen LogP contribution >= 0.6 is 0 Å². The van der Waals surface area contributed by atoms with Gasteiger partial charge in [-0.05, 0) is 71.8 Å². The Hall–Kier alpha value is -7.83. The molecule has 0 bridgehead atoms. The van der Waals surface area contributed by atoms with E-state index in [0.717, 1.165) is 82.7 Å². The third kappa shape index (κ3) is 4.94. The molecule has 0 fully saturated rings. The fourth-order valence-corrected chi connectivity index (χ4v) is 8.54. The summed E-state index contributed by atoms with van der Waals surface area (Å²) in [5.41, 5.74) is 11.1. The molecule has 12 aromatic rings. The Morgan fingerprint density at radius 2 is 0.825 bits per heavy atom. The molecule has 0 radical (unpaired) electrons. The Morgan fingerprint density at radius 3 is 1.49 bits per heavy atom. The standard InChI is InChI=1S/C51H31N5O/c1-4-14-32(15-5-1)34-24-26-39-40-27-25-35(29-48(40)57-47(39)28-34)50-52-49(33-16-6-2-7-17-33)53-51(54-50)56-44-23-13-11-21-38(44)42-30-41-37-20-10-12-22-43(37)55(45(41)31-46(42)56)36-18-8-3-9-19-36/h1-31H. The molecule has 8 aromatic carbocycles. The first-order valence-electron chi connectivity index (χ1n) is 19.1. The van der Waals surface area contributed by atoms with Gasteiger partial charge in [0.1, 0.15) is 11.2 Å². The maximum absolute atomic E-state index is 6.54. The van der Waals surface area contributed by atoms with Crippen molar-refractivity contribution in [3.63, 3.8) is 0 Å². The number of furan rings is 1. The number of aromatic nitrogens is 5. The zero-order valence-corrected chi connectivity index (χ0v) is 30.5. The molecule has 0 saturated heterocycles. The largest absolute Gasteiger partial charge is 0.456 e. The maximum atomic E-state index is 6.54. The fraction of sp³-hybridized carbons (Fsp3) is 0. The first-order chi connectivity index (χ1) is 28.2. The van der Waals surface area contributed by atoms with Crippen molar-refractivity contribution in [1.29, 1.82) is 0 Å². The Balaban J connectivity index is 1.10. The highest BCUT2D eigenvalue weighted by Gasteiger charge is 2.21. The lowest BCUT2D eigenvalue weighted by molar-refractivity contribution is 0.669. The highest BCUT2D eigenvalue weighted by molar-refractivity contribution is 6.19. The van der Waals surface area contributed by atoms with Gasteiger partial charge in [0.05, 0.1) is 22.1 Å². The third-order valence-corrected chi connectivity index (χ3v) is 11.2. The van der Waals surface area contributed by atoms with Gasteiger partial charge in [-0.25, -0.2) is 4.98 Å². The Bertz CT molecular complexity index is 3510. The van der Waals surface area contributed by atoms with Crippen LogP contribution < -0.4 is 0 Å². The topological polar surface area (TPSA) is 61.7 Å². The molecular formula is C51H31N5O. The lowest BCUT2D eigenvalue weighted by Gasteiger charge is -2.11. The van der Waals surface area contributed by atoms with E-state index < -0.39 is 0 Å². The van der Waals surface area contributed by atoms with E-state index in [1.807, 2.05) is 36.4 Å². The average Bonchev–Trinajstić information content (AvgIpc) is 3.93. The summed E-state index contributed by atoms with van der Waals surface area (Å²) in [6, 6.07) is 65.6. The summed E-state index contributed by atoms with van der Waals surface area (Å²) in [6.07, 6.45) is 0. The van der Waals surface area contributed by atoms with E-state index in [0.29, 0.717) is 17.6 Å². The molecule has 0 spiro atoms. The van der Waals surface area contributed by atoms with Gasteiger partial charge in [0.25, 0.3) is 0 Å². The minimum absolute atomic E-state index is 0.545. The number of rotatable bonds is 5. The van der Waals surface area contributed by atoms with Crippen LogP contribution in [0.3, 0.4) is 0 Å². The molecule has 0 aliphatic heterocycles. The second-order valence-electron chi connectivity index (χ2n) is 14.5. The van der Waals surface area contributed by atoms with Crippen LogP contribution in [0.4, 0.5) is 0 Å². The van der Waals surface area contributed by atoms with Gasteiger partial charge in [0.15, 0.2) is 11.6 Å². The molecule has 6 nitrogen and oxygen atoms in total. The van der Waals surface area contributed by atoms with Crippen molar-refractivity contribution in [2.24, 2.45) is 0 Å². The van der Waals surface area contributed by atoms with Gasteiger partial charge < -0.3 is 8.98 Å². The van der Waals surface area contributed by atoms with Crippen LogP contribution in [0.5, 0.6) is 0 Å². The lowest BCUT2D eigenvalue weighted by Crippen LogP contribution is -2.06. The van der Waals surface area contributed by atoms with Gasteiger partial charge in [0, 0.05) is 49.1 Å². The van der Waals surface area contributed by atoms with Crippen molar-refractivity contribution >= 4 is 65.6 Å². The Kier molecular flexibility index (Phi) is 6.83. The number of hydrogen-bond donors (Lipinski definition) is 0. The average molecular weight is 730 g/mol. The summed E-state index contributed by atoms with van der Waals surface area (Å²) < 4.78 is 11.1. The van der Waals surface area contributed by atoms with Gasteiger partial charge in [0.2, 0.25) is 5.95 Å². The van der Waals surface area contributed by atoms with Gasteiger partial charge in [-0.15, -0.1) is 0 Å². The van der Waals surface area contributed by atoms with Crippen molar-refractivity contribution in [3.05, 3.63) is 188 Å². The van der Waals surface area contributed by atoms with Crippen LogP contribution in [0.25, 0.3) is 111 Å². The van der Waals surface area contributed by atoms with Crippen molar-refractivity contribution in [2.45, 2.75) is 0 Å². The van der Waals surface area contributed by atoms with E-state index in [-0.39, 0.29) is 0 Å². The molecular weight excluding hydrogens is 699 g/mol. The molecule has 0 saturated carbocycles. The van der Waals surface area contributed by atoms with E-state index in [2.05, 4.69) is 161 Å². The van der Waals surface area contributed by atoms with Crippen LogP contribution in [-0.2, 0) is 0 Å². The molecule has 0 amide bonds. The van der Waals surface area contributed by atoms with Crippen molar-refractivity contribution in [1.82, 2.24) is 24.1 Å². The summed E-state index contributed by atoms with van der Waals surface area (Å²) in [4.78, 5) is 15.6. The fourth-order valence-electron chi connectivity index (χ4n) is 8.54. The molecule has 12 rings (SSSR count). The van der Waals surface area contributed by atoms with Crippen LogP contribution in [0.1, 0.15) is 0 Å². The minimum atomic E-state index is 0.545. The van der Waals surface area contributed by atoms with E-state index in [1.54, 1.807) is 0 Å². The van der Waals surface area contributed by atoms with Gasteiger partial charge >= 0.3 is 0 Å². The van der Waals surface area contributed by atoms with Gasteiger partial charge in [-0.2, -0.15) is 9.97 Å². The zero-order chi connectivity index (χ0) is 37.5.